The second-order valence-corrected chi connectivity index (χ2v) is 9.52. The van der Waals surface area contributed by atoms with Crippen LogP contribution in [0.25, 0.3) is 22.5 Å². The Morgan fingerprint density at radius 1 is 1.08 bits per heavy atom. The van der Waals surface area contributed by atoms with Crippen molar-refractivity contribution in [3.63, 3.8) is 0 Å². The molecule has 8 heteroatoms. The van der Waals surface area contributed by atoms with Crippen molar-refractivity contribution in [2.75, 3.05) is 10.6 Å². The first kappa shape index (κ1) is 22.8. The predicted molar refractivity (Wildman–Crippen MR) is 138 cm³/mol. The van der Waals surface area contributed by atoms with E-state index in [1.165, 1.54) is 6.20 Å². The van der Waals surface area contributed by atoms with E-state index in [-0.39, 0.29) is 0 Å². The molecule has 0 spiro atoms. The SMILES string of the molecule is CC(OC(=O)Nc1cnoc1-c1ccc2c(c1)NCc1cc(C3(C(=O)O)CC3)ccc1-2)c1ccccc1. The maximum Gasteiger partial charge on any atom is 0.412 e. The number of aliphatic carboxylic acids is 1. The van der Waals surface area contributed by atoms with Gasteiger partial charge in [-0.05, 0) is 48.1 Å². The molecule has 3 N–H and O–H groups in total. The number of hydrogen-bond donors (Lipinski definition) is 3. The zero-order valence-electron chi connectivity index (χ0n) is 20.2. The summed E-state index contributed by atoms with van der Waals surface area (Å²) in [4.78, 5) is 24.3. The normalized spacial score (nSPS) is 15.5. The molecule has 1 saturated carbocycles. The summed E-state index contributed by atoms with van der Waals surface area (Å²) in [6, 6.07) is 21.3. The van der Waals surface area contributed by atoms with Crippen molar-refractivity contribution in [1.82, 2.24) is 5.16 Å². The predicted octanol–water partition coefficient (Wildman–Crippen LogP) is 6.36. The fourth-order valence-electron chi connectivity index (χ4n) is 4.94. The first-order valence-electron chi connectivity index (χ1n) is 12.2. The van der Waals surface area contributed by atoms with Gasteiger partial charge in [0.15, 0.2) is 5.76 Å². The highest BCUT2D eigenvalue weighted by atomic mass is 16.6. The van der Waals surface area contributed by atoms with Crippen molar-refractivity contribution < 1.29 is 24.0 Å². The van der Waals surface area contributed by atoms with Crippen LogP contribution in [0.15, 0.2) is 77.4 Å². The number of carbonyl (C=O) groups is 2. The molecule has 3 aromatic carbocycles. The lowest BCUT2D eigenvalue weighted by atomic mass is 9.87. The Kier molecular flexibility index (Phi) is 5.44. The van der Waals surface area contributed by atoms with Gasteiger partial charge in [-0.15, -0.1) is 0 Å². The molecular weight excluding hydrogens is 470 g/mol. The van der Waals surface area contributed by atoms with E-state index < -0.39 is 23.6 Å². The number of nitrogens with one attached hydrogen (secondary N) is 2. The molecule has 37 heavy (non-hydrogen) atoms. The van der Waals surface area contributed by atoms with Crippen molar-refractivity contribution in [3.05, 3.63) is 89.6 Å². The van der Waals surface area contributed by atoms with Gasteiger partial charge in [-0.3, -0.25) is 10.1 Å². The average molecular weight is 496 g/mol. The summed E-state index contributed by atoms with van der Waals surface area (Å²) in [7, 11) is 0. The van der Waals surface area contributed by atoms with E-state index in [0.29, 0.717) is 30.8 Å². The summed E-state index contributed by atoms with van der Waals surface area (Å²) in [5.74, 6) is -0.330. The van der Waals surface area contributed by atoms with Gasteiger partial charge in [0, 0.05) is 23.4 Å². The van der Waals surface area contributed by atoms with E-state index in [0.717, 1.165) is 39.1 Å². The lowest BCUT2D eigenvalue weighted by Crippen LogP contribution is -2.20. The number of carboxylic acid groups (broad SMARTS) is 1. The van der Waals surface area contributed by atoms with Gasteiger partial charge in [0.25, 0.3) is 0 Å². The van der Waals surface area contributed by atoms with E-state index in [1.54, 1.807) is 0 Å². The minimum Gasteiger partial charge on any atom is -0.481 e. The molecule has 1 fully saturated rings. The molecule has 1 amide bonds. The van der Waals surface area contributed by atoms with Gasteiger partial charge < -0.3 is 19.7 Å². The zero-order valence-corrected chi connectivity index (χ0v) is 20.2. The van der Waals surface area contributed by atoms with Gasteiger partial charge in [0.05, 0.1) is 11.6 Å². The number of hydrogen-bond acceptors (Lipinski definition) is 6. The van der Waals surface area contributed by atoms with Crippen molar-refractivity contribution in [2.45, 2.75) is 37.8 Å². The molecule has 6 rings (SSSR count). The number of benzene rings is 3. The van der Waals surface area contributed by atoms with Gasteiger partial charge in [0.2, 0.25) is 0 Å². The summed E-state index contributed by atoms with van der Waals surface area (Å²) in [6.07, 6.45) is 1.80. The third kappa shape index (κ3) is 4.10. The standard InChI is InChI=1S/C29H25N3O5/c1-17(18-5-3-2-4-6-18)36-28(35)32-25-16-31-37-26(25)19-7-9-23-22-10-8-21(29(11-12-29)27(33)34)13-20(22)15-30-24(23)14-19/h2-10,13-14,16-17,30H,11-12,15H2,1H3,(H,32,35)(H,33,34). The molecular formula is C29H25N3O5. The molecule has 1 unspecified atom stereocenters. The molecule has 1 atom stereocenters. The largest absolute Gasteiger partial charge is 0.481 e. The second kappa shape index (κ2) is 8.81. The number of fused-ring (bicyclic) bond motifs is 3. The monoisotopic (exact) mass is 495 g/mol. The quantitative estimate of drug-likeness (QED) is 0.285. The van der Waals surface area contributed by atoms with Crippen LogP contribution in [-0.2, 0) is 21.5 Å². The van der Waals surface area contributed by atoms with Gasteiger partial charge >= 0.3 is 12.1 Å². The number of rotatable bonds is 6. The van der Waals surface area contributed by atoms with Crippen molar-refractivity contribution in [3.8, 4) is 22.5 Å². The molecule has 0 bridgehead atoms. The Morgan fingerprint density at radius 3 is 2.62 bits per heavy atom. The Labute approximate surface area is 213 Å². The van der Waals surface area contributed by atoms with Crippen molar-refractivity contribution >= 4 is 23.4 Å². The highest BCUT2D eigenvalue weighted by Gasteiger charge is 2.51. The summed E-state index contributed by atoms with van der Waals surface area (Å²) in [5, 5.41) is 19.7. The summed E-state index contributed by atoms with van der Waals surface area (Å²) >= 11 is 0. The molecule has 186 valence electrons. The summed E-state index contributed by atoms with van der Waals surface area (Å²) in [5.41, 5.74) is 6.27. The molecule has 2 heterocycles. The highest BCUT2D eigenvalue weighted by molar-refractivity contribution is 5.92. The minimum atomic E-state index is -0.754. The third-order valence-electron chi connectivity index (χ3n) is 7.22. The van der Waals surface area contributed by atoms with Crippen LogP contribution in [-0.4, -0.2) is 22.3 Å². The summed E-state index contributed by atoms with van der Waals surface area (Å²) < 4.78 is 11.0. The lowest BCUT2D eigenvalue weighted by Gasteiger charge is -2.24. The number of amides is 1. The van der Waals surface area contributed by atoms with Gasteiger partial charge in [-0.25, -0.2) is 4.79 Å². The Hall–Kier alpha value is -4.59. The Bertz CT molecular complexity index is 1510. The van der Waals surface area contributed by atoms with Gasteiger partial charge in [-0.2, -0.15) is 0 Å². The minimum absolute atomic E-state index is 0.412. The molecule has 1 aliphatic heterocycles. The molecule has 1 aromatic heterocycles. The second-order valence-electron chi connectivity index (χ2n) is 9.52. The fourth-order valence-corrected chi connectivity index (χ4v) is 4.94. The van der Waals surface area contributed by atoms with Crippen molar-refractivity contribution in [1.29, 1.82) is 0 Å². The number of anilines is 2. The van der Waals surface area contributed by atoms with Crippen molar-refractivity contribution in [2.24, 2.45) is 0 Å². The van der Waals surface area contributed by atoms with E-state index in [9.17, 15) is 14.7 Å². The maximum atomic E-state index is 12.5. The molecule has 0 saturated heterocycles. The van der Waals surface area contributed by atoms with Crippen LogP contribution in [0, 0.1) is 0 Å². The average Bonchev–Trinajstić information content (AvgIpc) is 3.61. The maximum absolute atomic E-state index is 12.5. The van der Waals surface area contributed by atoms with Crippen LogP contribution in [0.4, 0.5) is 16.2 Å². The Balaban J connectivity index is 1.22. The number of ether oxygens (including phenoxy) is 1. The topological polar surface area (TPSA) is 114 Å². The number of nitrogens with zero attached hydrogens (tertiary/aromatic N) is 1. The number of carbonyl (C=O) groups excluding carboxylic acids is 1. The fraction of sp³-hybridized carbons (Fsp3) is 0.207. The van der Waals surface area contributed by atoms with E-state index >= 15 is 0 Å². The molecule has 8 nitrogen and oxygen atoms in total. The Morgan fingerprint density at radius 2 is 1.86 bits per heavy atom. The van der Waals surface area contributed by atoms with Crippen LogP contribution in [0.1, 0.15) is 42.6 Å². The van der Waals surface area contributed by atoms with E-state index in [1.807, 2.05) is 73.7 Å². The van der Waals surface area contributed by atoms with Crippen LogP contribution in [0.3, 0.4) is 0 Å². The van der Waals surface area contributed by atoms with Crippen LogP contribution in [0.5, 0.6) is 0 Å². The molecule has 4 aromatic rings. The van der Waals surface area contributed by atoms with E-state index in [4.69, 9.17) is 9.26 Å². The van der Waals surface area contributed by atoms with Gasteiger partial charge in [0.1, 0.15) is 11.8 Å². The number of carboxylic acids is 1. The molecule has 1 aliphatic carbocycles. The zero-order chi connectivity index (χ0) is 25.6. The molecule has 2 aliphatic rings. The van der Waals surface area contributed by atoms with Crippen LogP contribution < -0.4 is 10.6 Å². The first-order chi connectivity index (χ1) is 17.9. The van der Waals surface area contributed by atoms with Crippen LogP contribution >= 0.6 is 0 Å². The van der Waals surface area contributed by atoms with E-state index in [2.05, 4.69) is 15.8 Å². The smallest absolute Gasteiger partial charge is 0.412 e. The first-order valence-corrected chi connectivity index (χ1v) is 12.2. The third-order valence-corrected chi connectivity index (χ3v) is 7.22. The van der Waals surface area contributed by atoms with Crippen LogP contribution in [0.2, 0.25) is 0 Å². The highest BCUT2D eigenvalue weighted by Crippen LogP contribution is 2.50. The number of aromatic nitrogens is 1. The molecule has 0 radical (unpaired) electrons. The lowest BCUT2D eigenvalue weighted by molar-refractivity contribution is -0.140. The summed E-state index contributed by atoms with van der Waals surface area (Å²) in [6.45, 7) is 2.39. The van der Waals surface area contributed by atoms with Gasteiger partial charge in [-0.1, -0.05) is 65.8 Å².